The van der Waals surface area contributed by atoms with Crippen LogP contribution in [-0.2, 0) is 6.54 Å². The number of para-hydroxylation sites is 1. The van der Waals surface area contributed by atoms with E-state index < -0.39 is 0 Å². The Kier molecular flexibility index (Phi) is 3.37. The molecular weight excluding hydrogens is 250 g/mol. The molecule has 0 fully saturated rings. The zero-order valence-electron chi connectivity index (χ0n) is 10.8. The van der Waals surface area contributed by atoms with Crippen LogP contribution in [0.5, 0.6) is 0 Å². The van der Waals surface area contributed by atoms with E-state index in [1.54, 1.807) is 18.5 Å². The molecule has 0 aliphatic rings. The molecule has 2 aromatic heterocycles. The van der Waals surface area contributed by atoms with Crippen molar-refractivity contribution in [2.24, 2.45) is 0 Å². The highest BCUT2D eigenvalue weighted by molar-refractivity contribution is 5.94. The van der Waals surface area contributed by atoms with Gasteiger partial charge in [-0.1, -0.05) is 24.3 Å². The number of amides is 1. The van der Waals surface area contributed by atoms with Crippen LogP contribution in [0.4, 0.5) is 0 Å². The number of nitrogens with zero attached hydrogens (tertiary/aromatic N) is 2. The average Bonchev–Trinajstić information content (AvgIpc) is 2.53. The van der Waals surface area contributed by atoms with Crippen LogP contribution in [0.15, 0.2) is 60.9 Å². The normalized spacial score (nSPS) is 10.4. The van der Waals surface area contributed by atoms with E-state index in [1.165, 1.54) is 0 Å². The predicted octanol–water partition coefficient (Wildman–Crippen LogP) is 2.56. The fourth-order valence-electron chi connectivity index (χ4n) is 1.97. The van der Waals surface area contributed by atoms with E-state index in [0.29, 0.717) is 12.2 Å². The van der Waals surface area contributed by atoms with E-state index in [0.717, 1.165) is 16.5 Å². The maximum Gasteiger partial charge on any atom is 0.270 e. The summed E-state index contributed by atoms with van der Waals surface area (Å²) in [6.07, 6.45) is 3.41. The fourth-order valence-corrected chi connectivity index (χ4v) is 1.97. The van der Waals surface area contributed by atoms with Crippen molar-refractivity contribution in [3.63, 3.8) is 0 Å². The molecule has 1 N–H and O–H groups in total. The van der Waals surface area contributed by atoms with Crippen LogP contribution in [-0.4, -0.2) is 15.9 Å². The SMILES string of the molecule is O=C(NCc1ccncc1)c1ccc2ccccc2n1. The molecular formula is C16H13N3O. The van der Waals surface area contributed by atoms with Crippen molar-refractivity contribution < 1.29 is 4.79 Å². The number of hydrogen-bond donors (Lipinski definition) is 1. The Morgan fingerprint density at radius 1 is 1.00 bits per heavy atom. The first-order valence-corrected chi connectivity index (χ1v) is 6.36. The molecule has 0 spiro atoms. The van der Waals surface area contributed by atoms with Gasteiger partial charge in [-0.3, -0.25) is 9.78 Å². The van der Waals surface area contributed by atoms with Gasteiger partial charge in [-0.15, -0.1) is 0 Å². The maximum absolute atomic E-state index is 12.1. The summed E-state index contributed by atoms with van der Waals surface area (Å²) in [5.41, 5.74) is 2.26. The third kappa shape index (κ3) is 2.64. The second kappa shape index (κ2) is 5.48. The van der Waals surface area contributed by atoms with E-state index in [-0.39, 0.29) is 5.91 Å². The summed E-state index contributed by atoms with van der Waals surface area (Å²) in [6, 6.07) is 15.1. The Labute approximate surface area is 116 Å². The maximum atomic E-state index is 12.1. The predicted molar refractivity (Wildman–Crippen MR) is 77.2 cm³/mol. The Balaban J connectivity index is 1.75. The molecule has 0 saturated carbocycles. The molecule has 3 aromatic rings. The van der Waals surface area contributed by atoms with Crippen LogP contribution >= 0.6 is 0 Å². The van der Waals surface area contributed by atoms with Crippen LogP contribution < -0.4 is 5.32 Å². The molecule has 0 bridgehead atoms. The molecule has 3 rings (SSSR count). The molecule has 1 amide bonds. The number of carbonyl (C=O) groups excluding carboxylic acids is 1. The molecule has 0 aliphatic heterocycles. The molecule has 4 nitrogen and oxygen atoms in total. The van der Waals surface area contributed by atoms with Gasteiger partial charge in [-0.05, 0) is 29.8 Å². The van der Waals surface area contributed by atoms with Gasteiger partial charge in [0.1, 0.15) is 5.69 Å². The zero-order chi connectivity index (χ0) is 13.8. The smallest absolute Gasteiger partial charge is 0.270 e. The van der Waals surface area contributed by atoms with Crippen LogP contribution in [0, 0.1) is 0 Å². The van der Waals surface area contributed by atoms with Crippen LogP contribution in [0.2, 0.25) is 0 Å². The quantitative estimate of drug-likeness (QED) is 0.790. The minimum Gasteiger partial charge on any atom is -0.347 e. The number of hydrogen-bond acceptors (Lipinski definition) is 3. The lowest BCUT2D eigenvalue weighted by Gasteiger charge is -2.05. The van der Waals surface area contributed by atoms with E-state index >= 15 is 0 Å². The Bertz CT molecular complexity index is 741. The summed E-state index contributed by atoms with van der Waals surface area (Å²) in [5, 5.41) is 3.88. The van der Waals surface area contributed by atoms with Crippen molar-refractivity contribution in [3.8, 4) is 0 Å². The Morgan fingerprint density at radius 3 is 2.65 bits per heavy atom. The van der Waals surface area contributed by atoms with Gasteiger partial charge in [-0.25, -0.2) is 4.98 Å². The van der Waals surface area contributed by atoms with Crippen molar-refractivity contribution in [1.82, 2.24) is 15.3 Å². The van der Waals surface area contributed by atoms with Crippen LogP contribution in [0.3, 0.4) is 0 Å². The van der Waals surface area contributed by atoms with Gasteiger partial charge in [0.05, 0.1) is 5.52 Å². The molecule has 0 radical (unpaired) electrons. The van der Waals surface area contributed by atoms with E-state index in [1.807, 2.05) is 42.5 Å². The molecule has 2 heterocycles. The topological polar surface area (TPSA) is 54.9 Å². The van der Waals surface area contributed by atoms with Gasteiger partial charge in [0.15, 0.2) is 0 Å². The molecule has 1 aromatic carbocycles. The highest BCUT2D eigenvalue weighted by atomic mass is 16.1. The van der Waals surface area contributed by atoms with Crippen molar-refractivity contribution >= 4 is 16.8 Å². The minimum absolute atomic E-state index is 0.174. The van der Waals surface area contributed by atoms with Gasteiger partial charge in [0.2, 0.25) is 0 Å². The Hall–Kier alpha value is -2.75. The molecule has 0 saturated heterocycles. The third-order valence-electron chi connectivity index (χ3n) is 3.03. The van der Waals surface area contributed by atoms with Crippen molar-refractivity contribution in [2.75, 3.05) is 0 Å². The highest BCUT2D eigenvalue weighted by Gasteiger charge is 2.07. The zero-order valence-corrected chi connectivity index (χ0v) is 10.8. The second-order valence-corrected chi connectivity index (χ2v) is 4.43. The summed E-state index contributed by atoms with van der Waals surface area (Å²) in [7, 11) is 0. The van der Waals surface area contributed by atoms with E-state index in [4.69, 9.17) is 0 Å². The van der Waals surface area contributed by atoms with Gasteiger partial charge >= 0.3 is 0 Å². The highest BCUT2D eigenvalue weighted by Crippen LogP contribution is 2.11. The van der Waals surface area contributed by atoms with E-state index in [9.17, 15) is 4.79 Å². The lowest BCUT2D eigenvalue weighted by molar-refractivity contribution is 0.0946. The molecule has 0 aliphatic carbocycles. The van der Waals surface area contributed by atoms with Crippen molar-refractivity contribution in [2.45, 2.75) is 6.54 Å². The standard InChI is InChI=1S/C16H13N3O/c20-16(18-11-12-7-9-17-10-8-12)15-6-5-13-3-1-2-4-14(13)19-15/h1-10H,11H2,(H,18,20). The van der Waals surface area contributed by atoms with Gasteiger partial charge < -0.3 is 5.32 Å². The molecule has 20 heavy (non-hydrogen) atoms. The second-order valence-electron chi connectivity index (χ2n) is 4.43. The lowest BCUT2D eigenvalue weighted by Crippen LogP contribution is -2.23. The van der Waals surface area contributed by atoms with E-state index in [2.05, 4.69) is 15.3 Å². The van der Waals surface area contributed by atoms with Gasteiger partial charge in [0.25, 0.3) is 5.91 Å². The lowest BCUT2D eigenvalue weighted by atomic mass is 10.2. The van der Waals surface area contributed by atoms with Gasteiger partial charge in [-0.2, -0.15) is 0 Å². The van der Waals surface area contributed by atoms with Gasteiger partial charge in [0, 0.05) is 24.3 Å². The fraction of sp³-hybridized carbons (Fsp3) is 0.0625. The average molecular weight is 263 g/mol. The minimum atomic E-state index is -0.174. The third-order valence-corrected chi connectivity index (χ3v) is 3.03. The monoisotopic (exact) mass is 263 g/mol. The summed E-state index contributed by atoms with van der Waals surface area (Å²) in [4.78, 5) is 20.4. The largest absolute Gasteiger partial charge is 0.347 e. The molecule has 0 unspecified atom stereocenters. The van der Waals surface area contributed by atoms with Crippen LogP contribution in [0.25, 0.3) is 10.9 Å². The number of rotatable bonds is 3. The number of nitrogens with one attached hydrogen (secondary N) is 1. The molecule has 98 valence electrons. The van der Waals surface area contributed by atoms with Crippen molar-refractivity contribution in [3.05, 3.63) is 72.2 Å². The first-order valence-electron chi connectivity index (χ1n) is 6.36. The number of carbonyl (C=O) groups is 1. The number of aromatic nitrogens is 2. The number of benzene rings is 1. The molecule has 4 heteroatoms. The first kappa shape index (κ1) is 12.3. The summed E-state index contributed by atoms with van der Waals surface area (Å²) in [5.74, 6) is -0.174. The summed E-state index contributed by atoms with van der Waals surface area (Å²) < 4.78 is 0. The Morgan fingerprint density at radius 2 is 1.80 bits per heavy atom. The number of pyridine rings is 2. The first-order chi connectivity index (χ1) is 9.83. The summed E-state index contributed by atoms with van der Waals surface area (Å²) >= 11 is 0. The number of fused-ring (bicyclic) bond motifs is 1. The van der Waals surface area contributed by atoms with Crippen molar-refractivity contribution in [1.29, 1.82) is 0 Å². The van der Waals surface area contributed by atoms with Crippen LogP contribution in [0.1, 0.15) is 16.1 Å². The summed E-state index contributed by atoms with van der Waals surface area (Å²) in [6.45, 7) is 0.468. The molecule has 0 atom stereocenters.